The highest BCUT2D eigenvalue weighted by atomic mass is 35.5. The molecule has 3 rings (SSSR count). The zero-order valence-corrected chi connectivity index (χ0v) is 14.3. The van der Waals surface area contributed by atoms with E-state index in [1.807, 2.05) is 0 Å². The van der Waals surface area contributed by atoms with Gasteiger partial charge < -0.3 is 9.47 Å². The van der Waals surface area contributed by atoms with Gasteiger partial charge in [0, 0.05) is 25.5 Å². The molecular weight excluding hydrogens is 361 g/mol. The van der Waals surface area contributed by atoms with Crippen LogP contribution in [0.3, 0.4) is 0 Å². The van der Waals surface area contributed by atoms with Crippen molar-refractivity contribution in [1.82, 2.24) is 19.2 Å². The number of halogens is 4. The van der Waals surface area contributed by atoms with Crippen LogP contribution in [0.5, 0.6) is 0 Å². The first-order valence-corrected chi connectivity index (χ1v) is 7.72. The molecule has 1 aliphatic rings. The number of nitrogens with zero attached hydrogens (tertiary/aromatic N) is 4. The van der Waals surface area contributed by atoms with Crippen LogP contribution in [-0.4, -0.2) is 25.2 Å². The van der Waals surface area contributed by atoms with E-state index in [4.69, 9.17) is 11.6 Å². The van der Waals surface area contributed by atoms with Crippen molar-refractivity contribution in [3.8, 4) is 0 Å². The Kier molecular flexibility index (Phi) is 3.94. The Hall–Kier alpha value is -2.29. The molecule has 2 aromatic rings. The summed E-state index contributed by atoms with van der Waals surface area (Å²) in [5.74, 6) is -0.595. The van der Waals surface area contributed by atoms with Gasteiger partial charge in [0.25, 0.3) is 11.5 Å². The molecule has 1 atom stereocenters. The number of aromatic nitrogens is 3. The molecule has 10 heteroatoms. The van der Waals surface area contributed by atoms with Crippen LogP contribution in [-0.2, 0) is 19.9 Å². The molecule has 1 amide bonds. The van der Waals surface area contributed by atoms with Gasteiger partial charge in [-0.05, 0) is 25.0 Å². The molecule has 1 unspecified atom stereocenters. The quantitative estimate of drug-likeness (QED) is 0.771. The molecule has 25 heavy (non-hydrogen) atoms. The van der Waals surface area contributed by atoms with Crippen molar-refractivity contribution in [2.45, 2.75) is 32.7 Å². The molecule has 1 aliphatic heterocycles. The Morgan fingerprint density at radius 3 is 2.60 bits per heavy atom. The van der Waals surface area contributed by atoms with E-state index >= 15 is 0 Å². The molecular formula is C15H14ClF3N4O2. The maximum Gasteiger partial charge on any atom is 0.504 e. The molecule has 0 fully saturated rings. The monoisotopic (exact) mass is 374 g/mol. The van der Waals surface area contributed by atoms with Gasteiger partial charge >= 0.3 is 6.30 Å². The van der Waals surface area contributed by atoms with Gasteiger partial charge in [-0.25, -0.2) is 0 Å². The third-order valence-corrected chi connectivity index (χ3v) is 4.93. The molecule has 0 aromatic carbocycles. The van der Waals surface area contributed by atoms with E-state index in [0.717, 1.165) is 11.8 Å². The van der Waals surface area contributed by atoms with Crippen molar-refractivity contribution in [3.05, 3.63) is 50.2 Å². The minimum Gasteiger partial charge on any atom is -0.326 e. The van der Waals surface area contributed by atoms with Crippen LogP contribution in [0.4, 0.5) is 13.2 Å². The summed E-state index contributed by atoms with van der Waals surface area (Å²) in [6.07, 6.45) is -3.16. The number of carbonyl (C=O) groups is 1. The van der Waals surface area contributed by atoms with Gasteiger partial charge in [-0.2, -0.15) is 9.78 Å². The highest BCUT2D eigenvalue weighted by molar-refractivity contribution is 6.31. The normalized spacial score (nSPS) is 17.1. The van der Waals surface area contributed by atoms with Crippen LogP contribution in [0, 0.1) is 6.92 Å². The summed E-state index contributed by atoms with van der Waals surface area (Å²) in [5.41, 5.74) is 1.39. The van der Waals surface area contributed by atoms with E-state index in [1.165, 1.54) is 9.47 Å². The Bertz CT molecular complexity index is 932. The van der Waals surface area contributed by atoms with E-state index in [1.54, 1.807) is 20.9 Å². The van der Waals surface area contributed by atoms with Crippen LogP contribution in [0.2, 0.25) is 5.02 Å². The molecule has 2 aromatic heterocycles. The zero-order valence-electron chi connectivity index (χ0n) is 13.6. The van der Waals surface area contributed by atoms with Crippen molar-refractivity contribution in [2.75, 3.05) is 0 Å². The SMILES string of the molecule is Cc1c2c(n(C)c(=O)c1Cl)C(C)N(C(=O)c1cnn(C(F)(F)F)c1)C2. The average molecular weight is 375 g/mol. The van der Waals surface area contributed by atoms with Gasteiger partial charge in [-0.15, -0.1) is 13.2 Å². The summed E-state index contributed by atoms with van der Waals surface area (Å²) >= 11 is 6.04. The zero-order chi connectivity index (χ0) is 18.7. The largest absolute Gasteiger partial charge is 0.504 e. The van der Waals surface area contributed by atoms with Crippen LogP contribution in [0.25, 0.3) is 0 Å². The van der Waals surface area contributed by atoms with Gasteiger partial charge in [-0.1, -0.05) is 11.6 Å². The van der Waals surface area contributed by atoms with Crippen molar-refractivity contribution in [3.63, 3.8) is 0 Å². The molecule has 0 bridgehead atoms. The van der Waals surface area contributed by atoms with E-state index in [0.29, 0.717) is 17.5 Å². The number of pyridine rings is 1. The van der Waals surface area contributed by atoms with E-state index in [-0.39, 0.29) is 27.4 Å². The van der Waals surface area contributed by atoms with Gasteiger partial charge in [0.1, 0.15) is 5.02 Å². The lowest BCUT2D eigenvalue weighted by Gasteiger charge is -2.21. The highest BCUT2D eigenvalue weighted by Gasteiger charge is 2.37. The number of hydrogen-bond acceptors (Lipinski definition) is 3. The van der Waals surface area contributed by atoms with Crippen LogP contribution in [0.1, 0.15) is 40.1 Å². The summed E-state index contributed by atoms with van der Waals surface area (Å²) < 4.78 is 39.1. The molecule has 0 radical (unpaired) electrons. The second kappa shape index (κ2) is 5.62. The van der Waals surface area contributed by atoms with Crippen molar-refractivity contribution >= 4 is 17.5 Å². The third-order valence-electron chi connectivity index (χ3n) is 4.49. The number of alkyl halides is 3. The van der Waals surface area contributed by atoms with Gasteiger partial charge in [-0.3, -0.25) is 9.59 Å². The van der Waals surface area contributed by atoms with Crippen molar-refractivity contribution < 1.29 is 18.0 Å². The fourth-order valence-electron chi connectivity index (χ4n) is 3.12. The number of carbonyl (C=O) groups excluding carboxylic acids is 1. The first kappa shape index (κ1) is 17.5. The third kappa shape index (κ3) is 2.62. The highest BCUT2D eigenvalue weighted by Crippen LogP contribution is 2.36. The summed E-state index contributed by atoms with van der Waals surface area (Å²) in [6.45, 7) is 3.56. The molecule has 0 saturated heterocycles. The second-order valence-electron chi connectivity index (χ2n) is 5.92. The van der Waals surface area contributed by atoms with E-state index < -0.39 is 18.2 Å². The van der Waals surface area contributed by atoms with Gasteiger partial charge in [0.15, 0.2) is 0 Å². The molecule has 134 valence electrons. The predicted octanol–water partition coefficient (Wildman–Crippen LogP) is 2.74. The predicted molar refractivity (Wildman–Crippen MR) is 83.2 cm³/mol. The Balaban J connectivity index is 1.99. The van der Waals surface area contributed by atoms with Crippen LogP contribution >= 0.6 is 11.6 Å². The standard InChI is InChI=1S/C15H14ClF3N4O2/c1-7-10-6-22(8(2)12(10)21(3)14(25)11(7)16)13(24)9-4-20-23(5-9)15(17,18)19/h4-5,8H,6H2,1-3H3. The fourth-order valence-corrected chi connectivity index (χ4v) is 3.36. The maximum atomic E-state index is 12.7. The van der Waals surface area contributed by atoms with E-state index in [9.17, 15) is 22.8 Å². The molecule has 0 spiro atoms. The number of hydrogen-bond donors (Lipinski definition) is 0. The lowest BCUT2D eigenvalue weighted by Crippen LogP contribution is -2.29. The summed E-state index contributed by atoms with van der Waals surface area (Å²) in [6, 6.07) is -0.481. The van der Waals surface area contributed by atoms with E-state index in [2.05, 4.69) is 5.10 Å². The summed E-state index contributed by atoms with van der Waals surface area (Å²) in [5, 5.41) is 3.26. The lowest BCUT2D eigenvalue weighted by molar-refractivity contribution is -0.212. The molecule has 3 heterocycles. The molecule has 0 saturated carbocycles. The topological polar surface area (TPSA) is 60.1 Å². The fraction of sp³-hybridized carbons (Fsp3) is 0.400. The molecule has 6 nitrogen and oxygen atoms in total. The smallest absolute Gasteiger partial charge is 0.326 e. The number of amides is 1. The number of fused-ring (bicyclic) bond motifs is 1. The summed E-state index contributed by atoms with van der Waals surface area (Å²) in [4.78, 5) is 26.2. The van der Waals surface area contributed by atoms with Gasteiger partial charge in [0.2, 0.25) is 0 Å². The van der Waals surface area contributed by atoms with Crippen LogP contribution in [0.15, 0.2) is 17.2 Å². The van der Waals surface area contributed by atoms with Crippen molar-refractivity contribution in [1.29, 1.82) is 0 Å². The molecule has 0 N–H and O–H groups in total. The Morgan fingerprint density at radius 2 is 2.04 bits per heavy atom. The minimum atomic E-state index is -4.69. The lowest BCUT2D eigenvalue weighted by atomic mass is 10.1. The van der Waals surface area contributed by atoms with Crippen LogP contribution < -0.4 is 5.56 Å². The maximum absolute atomic E-state index is 12.7. The Morgan fingerprint density at radius 1 is 1.40 bits per heavy atom. The summed E-state index contributed by atoms with van der Waals surface area (Å²) in [7, 11) is 1.55. The van der Waals surface area contributed by atoms with Gasteiger partial charge in [0.05, 0.1) is 17.8 Å². The van der Waals surface area contributed by atoms with Crippen molar-refractivity contribution in [2.24, 2.45) is 7.05 Å². The minimum absolute atomic E-state index is 0.0765. The average Bonchev–Trinajstić information content (AvgIpc) is 3.15. The first-order chi connectivity index (χ1) is 11.5. The number of rotatable bonds is 1. The second-order valence-corrected chi connectivity index (χ2v) is 6.30. The first-order valence-electron chi connectivity index (χ1n) is 7.34. The Labute approximate surface area is 145 Å². The molecule has 0 aliphatic carbocycles.